The number of benzene rings is 3. The number of nitrogens with zero attached hydrogens (tertiary/aromatic N) is 1. The minimum atomic E-state index is -0.955. The first-order valence-corrected chi connectivity index (χ1v) is 11.1. The van der Waals surface area contributed by atoms with Gasteiger partial charge in [-0.2, -0.15) is 0 Å². The molecule has 34 heavy (non-hydrogen) atoms. The van der Waals surface area contributed by atoms with Crippen LogP contribution in [0.1, 0.15) is 32.7 Å². The molecule has 0 fully saturated rings. The highest BCUT2D eigenvalue weighted by molar-refractivity contribution is 5.98. The lowest BCUT2D eigenvalue weighted by Gasteiger charge is -2.12. The van der Waals surface area contributed by atoms with E-state index in [9.17, 15) is 9.90 Å². The average Bonchev–Trinajstić information content (AvgIpc) is 3.42. The van der Waals surface area contributed by atoms with Gasteiger partial charge in [0.15, 0.2) is 11.5 Å². The van der Waals surface area contributed by atoms with Crippen molar-refractivity contribution < 1.29 is 24.1 Å². The van der Waals surface area contributed by atoms with Crippen LogP contribution in [0.3, 0.4) is 0 Å². The van der Waals surface area contributed by atoms with Gasteiger partial charge in [-0.25, -0.2) is 4.79 Å². The maximum Gasteiger partial charge on any atom is 0.352 e. The van der Waals surface area contributed by atoms with Gasteiger partial charge >= 0.3 is 5.97 Å². The van der Waals surface area contributed by atoms with E-state index in [1.165, 1.54) is 0 Å². The number of carbonyl (C=O) groups is 1. The lowest BCUT2D eigenvalue weighted by atomic mass is 10.1. The van der Waals surface area contributed by atoms with Gasteiger partial charge in [0.2, 0.25) is 6.79 Å². The lowest BCUT2D eigenvalue weighted by Crippen LogP contribution is -2.17. The van der Waals surface area contributed by atoms with Crippen molar-refractivity contribution in [3.05, 3.63) is 88.6 Å². The number of aromatic carboxylic acids is 1. The van der Waals surface area contributed by atoms with E-state index in [0.29, 0.717) is 25.4 Å². The molecule has 2 N–H and O–H groups in total. The Kier molecular flexibility index (Phi) is 5.86. The van der Waals surface area contributed by atoms with Gasteiger partial charge in [-0.05, 0) is 47.9 Å². The quantitative estimate of drug-likeness (QED) is 0.398. The van der Waals surface area contributed by atoms with Crippen molar-refractivity contribution in [1.29, 1.82) is 0 Å². The van der Waals surface area contributed by atoms with E-state index in [-0.39, 0.29) is 12.5 Å². The molecular weight excluding hydrogens is 432 g/mol. The Labute approximate surface area is 197 Å². The summed E-state index contributed by atoms with van der Waals surface area (Å²) in [6.45, 7) is 3.70. The topological polar surface area (TPSA) is 81.9 Å². The summed E-state index contributed by atoms with van der Waals surface area (Å²) in [5, 5.41) is 14.5. The van der Waals surface area contributed by atoms with Gasteiger partial charge in [0.25, 0.3) is 0 Å². The van der Waals surface area contributed by atoms with Crippen molar-refractivity contribution in [2.45, 2.75) is 26.6 Å². The van der Waals surface area contributed by atoms with Crippen molar-refractivity contribution >= 4 is 16.9 Å². The fourth-order valence-corrected chi connectivity index (χ4v) is 4.46. The normalized spacial score (nSPS) is 12.3. The molecule has 1 aliphatic heterocycles. The highest BCUT2D eigenvalue weighted by atomic mass is 16.7. The Morgan fingerprint density at radius 2 is 1.88 bits per heavy atom. The molecule has 0 amide bonds. The molecule has 7 nitrogen and oxygen atoms in total. The summed E-state index contributed by atoms with van der Waals surface area (Å²) in [5.74, 6) is 1.20. The first-order valence-electron chi connectivity index (χ1n) is 11.1. The zero-order chi connectivity index (χ0) is 23.7. The molecule has 5 rings (SSSR count). The molecule has 1 aromatic heterocycles. The molecule has 3 aromatic carbocycles. The summed E-state index contributed by atoms with van der Waals surface area (Å²) in [5.41, 5.74) is 5.09. The number of aryl methyl sites for hydroxylation is 1. The van der Waals surface area contributed by atoms with Crippen molar-refractivity contribution in [3.63, 3.8) is 0 Å². The molecule has 0 bridgehead atoms. The highest BCUT2D eigenvalue weighted by Crippen LogP contribution is 2.33. The van der Waals surface area contributed by atoms with Gasteiger partial charge in [0.05, 0.1) is 12.6 Å². The maximum atomic E-state index is 12.5. The Bertz CT molecular complexity index is 1380. The van der Waals surface area contributed by atoms with Gasteiger partial charge < -0.3 is 29.2 Å². The number of aromatic nitrogens is 1. The molecule has 0 radical (unpaired) electrons. The summed E-state index contributed by atoms with van der Waals surface area (Å²) in [7, 11) is 1.61. The van der Waals surface area contributed by atoms with Crippen LogP contribution < -0.4 is 19.5 Å². The van der Waals surface area contributed by atoms with Gasteiger partial charge in [-0.3, -0.25) is 0 Å². The number of methoxy groups -OCH3 is 1. The Morgan fingerprint density at radius 3 is 2.68 bits per heavy atom. The SMILES string of the molecule is COc1ccc2c(CNCc3ccc4c(c3)OCO4)c(C(=O)O)n(Cc3ccccc3C)c2c1. The van der Waals surface area contributed by atoms with Crippen LogP contribution in [0.5, 0.6) is 17.2 Å². The molecular formula is C27H26N2O5. The van der Waals surface area contributed by atoms with Gasteiger partial charge in [-0.1, -0.05) is 30.3 Å². The zero-order valence-corrected chi connectivity index (χ0v) is 19.1. The van der Waals surface area contributed by atoms with Crippen LogP contribution in [0.25, 0.3) is 10.9 Å². The fourth-order valence-electron chi connectivity index (χ4n) is 4.46. The molecule has 0 aliphatic carbocycles. The number of ether oxygens (including phenoxy) is 3. The molecule has 7 heteroatoms. The zero-order valence-electron chi connectivity index (χ0n) is 19.1. The summed E-state index contributed by atoms with van der Waals surface area (Å²) >= 11 is 0. The van der Waals surface area contributed by atoms with E-state index >= 15 is 0 Å². The first-order chi connectivity index (χ1) is 16.5. The molecule has 0 atom stereocenters. The largest absolute Gasteiger partial charge is 0.497 e. The number of carboxylic acids is 1. The second-order valence-electron chi connectivity index (χ2n) is 8.32. The van der Waals surface area contributed by atoms with Crippen molar-refractivity contribution in [2.24, 2.45) is 0 Å². The molecule has 0 saturated carbocycles. The molecule has 174 valence electrons. The highest BCUT2D eigenvalue weighted by Gasteiger charge is 2.23. The summed E-state index contributed by atoms with van der Waals surface area (Å²) < 4.78 is 18.1. The fraction of sp³-hybridized carbons (Fsp3) is 0.222. The smallest absolute Gasteiger partial charge is 0.352 e. The van der Waals surface area contributed by atoms with Crippen LogP contribution in [-0.2, 0) is 19.6 Å². The van der Waals surface area contributed by atoms with E-state index in [1.54, 1.807) is 7.11 Å². The number of fused-ring (bicyclic) bond motifs is 2. The van der Waals surface area contributed by atoms with Crippen LogP contribution >= 0.6 is 0 Å². The minimum Gasteiger partial charge on any atom is -0.497 e. The molecule has 0 unspecified atom stereocenters. The molecule has 0 spiro atoms. The summed E-state index contributed by atoms with van der Waals surface area (Å²) in [6.07, 6.45) is 0. The third-order valence-corrected chi connectivity index (χ3v) is 6.24. The van der Waals surface area contributed by atoms with E-state index in [0.717, 1.165) is 44.7 Å². The van der Waals surface area contributed by atoms with Crippen LogP contribution in [0.2, 0.25) is 0 Å². The predicted octanol–water partition coefficient (Wildman–Crippen LogP) is 4.72. The van der Waals surface area contributed by atoms with Crippen LogP contribution in [0, 0.1) is 6.92 Å². The van der Waals surface area contributed by atoms with Crippen LogP contribution in [-0.4, -0.2) is 29.5 Å². The summed E-state index contributed by atoms with van der Waals surface area (Å²) in [6, 6.07) is 19.6. The molecule has 0 saturated heterocycles. The average molecular weight is 459 g/mol. The number of rotatable bonds is 8. The monoisotopic (exact) mass is 458 g/mol. The molecule has 1 aliphatic rings. The Balaban J connectivity index is 1.50. The Morgan fingerprint density at radius 1 is 1.06 bits per heavy atom. The van der Waals surface area contributed by atoms with E-state index in [4.69, 9.17) is 14.2 Å². The van der Waals surface area contributed by atoms with Gasteiger partial charge in [0, 0.05) is 36.7 Å². The Hall–Kier alpha value is -3.97. The van der Waals surface area contributed by atoms with Crippen molar-refractivity contribution in [2.75, 3.05) is 13.9 Å². The van der Waals surface area contributed by atoms with E-state index < -0.39 is 5.97 Å². The second-order valence-corrected chi connectivity index (χ2v) is 8.32. The molecule has 4 aromatic rings. The molecule has 2 heterocycles. The third-order valence-electron chi connectivity index (χ3n) is 6.24. The standard InChI is InChI=1S/C27H26N2O5/c1-17-5-3-4-6-19(17)15-29-23-12-20(32-2)8-9-21(23)22(26(29)27(30)31)14-28-13-18-7-10-24-25(11-18)34-16-33-24/h3-12,28H,13-16H2,1-2H3,(H,30,31). The lowest BCUT2D eigenvalue weighted by molar-refractivity contribution is 0.0684. The third kappa shape index (κ3) is 4.06. The number of hydrogen-bond acceptors (Lipinski definition) is 5. The van der Waals surface area contributed by atoms with Crippen LogP contribution in [0.4, 0.5) is 0 Å². The summed E-state index contributed by atoms with van der Waals surface area (Å²) in [4.78, 5) is 12.5. The maximum absolute atomic E-state index is 12.5. The van der Waals surface area contributed by atoms with Gasteiger partial charge in [-0.15, -0.1) is 0 Å². The first kappa shape index (κ1) is 21.9. The van der Waals surface area contributed by atoms with Crippen molar-refractivity contribution in [3.8, 4) is 17.2 Å². The predicted molar refractivity (Wildman–Crippen MR) is 129 cm³/mol. The van der Waals surface area contributed by atoms with Gasteiger partial charge in [0.1, 0.15) is 11.4 Å². The van der Waals surface area contributed by atoms with E-state index in [1.807, 2.05) is 72.2 Å². The van der Waals surface area contributed by atoms with E-state index in [2.05, 4.69) is 5.32 Å². The minimum absolute atomic E-state index is 0.234. The second kappa shape index (κ2) is 9.11. The van der Waals surface area contributed by atoms with Crippen molar-refractivity contribution in [1.82, 2.24) is 9.88 Å². The number of nitrogens with one attached hydrogen (secondary N) is 1. The number of hydrogen-bond donors (Lipinski definition) is 2. The van der Waals surface area contributed by atoms with Crippen LogP contribution in [0.15, 0.2) is 60.7 Å². The number of carboxylic acid groups (broad SMARTS) is 1.